The minimum absolute atomic E-state index is 0.0368. The van der Waals surface area contributed by atoms with Crippen molar-refractivity contribution in [1.29, 1.82) is 0 Å². The molecule has 2 atom stereocenters. The van der Waals surface area contributed by atoms with Gasteiger partial charge in [0.05, 0.1) is 5.75 Å². The molecule has 2 saturated heterocycles. The predicted molar refractivity (Wildman–Crippen MR) is 79.5 cm³/mol. The van der Waals surface area contributed by atoms with Gasteiger partial charge in [-0.05, 0) is 32.2 Å². The van der Waals surface area contributed by atoms with Gasteiger partial charge in [0.1, 0.15) is 0 Å². The number of rotatable bonds is 5. The second-order valence-electron chi connectivity index (χ2n) is 5.25. The van der Waals surface area contributed by atoms with E-state index in [0.29, 0.717) is 10.4 Å². The lowest BCUT2D eigenvalue weighted by molar-refractivity contribution is -0.133. The number of nitrogens with one attached hydrogen (secondary N) is 1. The van der Waals surface area contributed by atoms with Gasteiger partial charge in [-0.3, -0.25) is 4.79 Å². The van der Waals surface area contributed by atoms with Crippen LogP contribution >= 0.6 is 23.1 Å². The molecule has 2 unspecified atom stereocenters. The number of anilines is 1. The zero-order valence-electron chi connectivity index (χ0n) is 11.1. The molecule has 2 aliphatic heterocycles. The number of carboxylic acid groups (broad SMARTS) is 1. The third-order valence-corrected chi connectivity index (χ3v) is 5.85. The minimum atomic E-state index is -0.826. The Morgan fingerprint density at radius 3 is 3.20 bits per heavy atom. The first-order valence-corrected chi connectivity index (χ1v) is 8.69. The lowest BCUT2D eigenvalue weighted by atomic mass is 9.98. The molecule has 8 heteroatoms. The van der Waals surface area contributed by atoms with Gasteiger partial charge < -0.3 is 15.3 Å². The summed E-state index contributed by atoms with van der Waals surface area (Å²) in [6.45, 7) is 2.42. The molecule has 6 nitrogen and oxygen atoms in total. The average molecular weight is 314 g/mol. The molecule has 0 radical (unpaired) electrons. The quantitative estimate of drug-likeness (QED) is 0.802. The van der Waals surface area contributed by atoms with Crippen LogP contribution in [0.15, 0.2) is 4.34 Å². The summed E-state index contributed by atoms with van der Waals surface area (Å²) in [6.07, 6.45) is 4.96. The molecule has 0 saturated carbocycles. The van der Waals surface area contributed by atoms with E-state index in [9.17, 15) is 4.79 Å². The first kappa shape index (κ1) is 14.1. The van der Waals surface area contributed by atoms with Crippen LogP contribution in [0.1, 0.15) is 25.7 Å². The number of hydrogen-bond donors (Lipinski definition) is 2. The van der Waals surface area contributed by atoms with Crippen molar-refractivity contribution in [2.75, 3.05) is 24.2 Å². The van der Waals surface area contributed by atoms with Crippen molar-refractivity contribution in [2.45, 2.75) is 42.1 Å². The number of carbonyl (C=O) groups is 1. The van der Waals surface area contributed by atoms with Gasteiger partial charge in [-0.1, -0.05) is 23.1 Å². The maximum Gasteiger partial charge on any atom is 0.313 e. The van der Waals surface area contributed by atoms with E-state index < -0.39 is 5.97 Å². The molecular formula is C12H18N4O2S2. The zero-order chi connectivity index (χ0) is 13.9. The maximum absolute atomic E-state index is 10.5. The first-order chi connectivity index (χ1) is 9.70. The van der Waals surface area contributed by atoms with E-state index >= 15 is 0 Å². The van der Waals surface area contributed by atoms with Crippen LogP contribution in [0.3, 0.4) is 0 Å². The average Bonchev–Trinajstić information content (AvgIpc) is 3.04. The van der Waals surface area contributed by atoms with Gasteiger partial charge in [-0.2, -0.15) is 0 Å². The van der Waals surface area contributed by atoms with Crippen LogP contribution in [-0.4, -0.2) is 57.1 Å². The number of aliphatic carboxylic acids is 1. The van der Waals surface area contributed by atoms with Gasteiger partial charge in [0.2, 0.25) is 5.13 Å². The van der Waals surface area contributed by atoms with E-state index in [2.05, 4.69) is 20.4 Å². The molecule has 20 heavy (non-hydrogen) atoms. The van der Waals surface area contributed by atoms with Crippen LogP contribution in [0.2, 0.25) is 0 Å². The number of piperidine rings is 1. The van der Waals surface area contributed by atoms with Gasteiger partial charge in [0.15, 0.2) is 4.34 Å². The Morgan fingerprint density at radius 1 is 1.45 bits per heavy atom. The lowest BCUT2D eigenvalue weighted by Crippen LogP contribution is -2.42. The second kappa shape index (κ2) is 6.28. The van der Waals surface area contributed by atoms with Crippen LogP contribution in [0, 0.1) is 0 Å². The molecule has 0 spiro atoms. The van der Waals surface area contributed by atoms with Crippen LogP contribution in [0.5, 0.6) is 0 Å². The third-order valence-electron chi connectivity index (χ3n) is 3.87. The molecule has 0 bridgehead atoms. The predicted octanol–water partition coefficient (Wildman–Crippen LogP) is 1.75. The van der Waals surface area contributed by atoms with E-state index in [1.54, 1.807) is 0 Å². The van der Waals surface area contributed by atoms with E-state index in [-0.39, 0.29) is 5.75 Å². The van der Waals surface area contributed by atoms with Gasteiger partial charge in [-0.15, -0.1) is 10.2 Å². The Kier molecular flexibility index (Phi) is 4.42. The molecular weight excluding hydrogens is 296 g/mol. The topological polar surface area (TPSA) is 78.3 Å². The molecule has 1 aromatic heterocycles. The number of fused-ring (bicyclic) bond motifs is 1. The highest BCUT2D eigenvalue weighted by molar-refractivity contribution is 8.01. The molecule has 2 aliphatic rings. The molecule has 2 N–H and O–H groups in total. The fraction of sp³-hybridized carbons (Fsp3) is 0.750. The van der Waals surface area contributed by atoms with Crippen molar-refractivity contribution in [2.24, 2.45) is 0 Å². The minimum Gasteiger partial charge on any atom is -0.481 e. The summed E-state index contributed by atoms with van der Waals surface area (Å²) >= 11 is 2.67. The molecule has 1 aromatic rings. The normalized spacial score (nSPS) is 26.4. The number of carboxylic acids is 1. The number of aromatic nitrogens is 2. The molecule has 110 valence electrons. The van der Waals surface area contributed by atoms with Crippen molar-refractivity contribution in [3.63, 3.8) is 0 Å². The highest BCUT2D eigenvalue weighted by atomic mass is 32.2. The van der Waals surface area contributed by atoms with E-state index in [1.165, 1.54) is 55.5 Å². The summed E-state index contributed by atoms with van der Waals surface area (Å²) in [6, 6.07) is 1.20. The van der Waals surface area contributed by atoms with E-state index in [1.807, 2.05) is 0 Å². The van der Waals surface area contributed by atoms with Crippen LogP contribution in [0.4, 0.5) is 5.13 Å². The lowest BCUT2D eigenvalue weighted by Gasteiger charge is -2.34. The number of hydrogen-bond acceptors (Lipinski definition) is 7. The Balaban J connectivity index is 1.51. The molecule has 0 aliphatic carbocycles. The van der Waals surface area contributed by atoms with Crippen molar-refractivity contribution >= 4 is 34.2 Å². The number of thioether (sulfide) groups is 1. The van der Waals surface area contributed by atoms with Crippen LogP contribution in [-0.2, 0) is 4.79 Å². The molecule has 0 amide bonds. The third kappa shape index (κ3) is 3.42. The highest BCUT2D eigenvalue weighted by Crippen LogP contribution is 2.30. The largest absolute Gasteiger partial charge is 0.481 e. The summed E-state index contributed by atoms with van der Waals surface area (Å²) in [4.78, 5) is 13.1. The SMILES string of the molecule is O=C(O)CSc1nnc(NC2CCN3CCCC3C2)s1. The highest BCUT2D eigenvalue weighted by Gasteiger charge is 2.31. The monoisotopic (exact) mass is 314 g/mol. The summed E-state index contributed by atoms with van der Waals surface area (Å²) in [7, 11) is 0. The van der Waals surface area contributed by atoms with Gasteiger partial charge >= 0.3 is 5.97 Å². The Bertz CT molecular complexity index is 482. The number of nitrogens with zero attached hydrogens (tertiary/aromatic N) is 3. The maximum atomic E-state index is 10.5. The summed E-state index contributed by atoms with van der Waals surface area (Å²) in [5.74, 6) is -0.789. The zero-order valence-corrected chi connectivity index (χ0v) is 12.8. The van der Waals surface area contributed by atoms with Gasteiger partial charge in [-0.25, -0.2) is 0 Å². The smallest absolute Gasteiger partial charge is 0.313 e. The molecule has 3 heterocycles. The Labute approximate surface area is 126 Å². The molecule has 3 rings (SSSR count). The summed E-state index contributed by atoms with van der Waals surface area (Å²) < 4.78 is 0.716. The Hall–Kier alpha value is -0.860. The summed E-state index contributed by atoms with van der Waals surface area (Å²) in [5.41, 5.74) is 0. The fourth-order valence-electron chi connectivity index (χ4n) is 2.98. The van der Waals surface area contributed by atoms with Crippen LogP contribution < -0.4 is 5.32 Å². The van der Waals surface area contributed by atoms with Gasteiger partial charge in [0, 0.05) is 18.6 Å². The van der Waals surface area contributed by atoms with Crippen molar-refractivity contribution in [1.82, 2.24) is 15.1 Å². The van der Waals surface area contributed by atoms with Gasteiger partial charge in [0.25, 0.3) is 0 Å². The molecule has 2 fully saturated rings. The summed E-state index contributed by atoms with van der Waals surface area (Å²) in [5, 5.41) is 21.0. The fourth-order valence-corrected chi connectivity index (χ4v) is 4.53. The van der Waals surface area contributed by atoms with Crippen LogP contribution in [0.25, 0.3) is 0 Å². The van der Waals surface area contributed by atoms with E-state index in [4.69, 9.17) is 5.11 Å². The molecule has 0 aromatic carbocycles. The van der Waals surface area contributed by atoms with Crippen molar-refractivity contribution in [3.05, 3.63) is 0 Å². The first-order valence-electron chi connectivity index (χ1n) is 6.89. The second-order valence-corrected chi connectivity index (χ2v) is 7.45. The standard InChI is InChI=1S/C12H18N4O2S2/c17-10(18)7-19-12-15-14-11(20-12)13-8-3-5-16-4-1-2-9(16)6-8/h8-9H,1-7H2,(H,13,14)(H,17,18). The Morgan fingerprint density at radius 2 is 2.35 bits per heavy atom. The van der Waals surface area contributed by atoms with E-state index in [0.717, 1.165) is 17.6 Å². The van der Waals surface area contributed by atoms with Crippen molar-refractivity contribution < 1.29 is 9.90 Å². The van der Waals surface area contributed by atoms with Crippen molar-refractivity contribution in [3.8, 4) is 0 Å².